The molecule has 1 aromatic heterocycles. The third kappa shape index (κ3) is 6.23. The van der Waals surface area contributed by atoms with E-state index in [-0.39, 0.29) is 24.0 Å². The lowest BCUT2D eigenvalue weighted by atomic mass is 10.2. The second-order valence-electron chi connectivity index (χ2n) is 4.22. The lowest BCUT2D eigenvalue weighted by Crippen LogP contribution is -2.36. The van der Waals surface area contributed by atoms with E-state index in [1.54, 1.807) is 11.3 Å². The summed E-state index contributed by atoms with van der Waals surface area (Å²) < 4.78 is 0. The minimum absolute atomic E-state index is 0. The van der Waals surface area contributed by atoms with Crippen LogP contribution in [0.2, 0.25) is 5.02 Å². The van der Waals surface area contributed by atoms with E-state index in [2.05, 4.69) is 40.1 Å². The van der Waals surface area contributed by atoms with E-state index in [9.17, 15) is 0 Å². The van der Waals surface area contributed by atoms with Crippen LogP contribution in [-0.2, 0) is 13.1 Å². The van der Waals surface area contributed by atoms with E-state index in [4.69, 9.17) is 11.6 Å². The molecule has 3 nitrogen and oxygen atoms in total. The van der Waals surface area contributed by atoms with E-state index in [1.807, 2.05) is 24.3 Å². The molecule has 0 bridgehead atoms. The Morgan fingerprint density at radius 1 is 1.19 bits per heavy atom. The van der Waals surface area contributed by atoms with Crippen molar-refractivity contribution in [3.05, 3.63) is 57.2 Å². The van der Waals surface area contributed by atoms with Crippen LogP contribution >= 0.6 is 46.9 Å². The Labute approximate surface area is 151 Å². The third-order valence-electron chi connectivity index (χ3n) is 2.72. The van der Waals surface area contributed by atoms with Gasteiger partial charge in [-0.25, -0.2) is 4.99 Å². The van der Waals surface area contributed by atoms with E-state index >= 15 is 0 Å². The van der Waals surface area contributed by atoms with Crippen LogP contribution in [-0.4, -0.2) is 12.5 Å². The van der Waals surface area contributed by atoms with Gasteiger partial charge in [0.05, 0.1) is 13.1 Å². The van der Waals surface area contributed by atoms with Crippen LogP contribution in [0.15, 0.2) is 46.8 Å². The molecule has 0 amide bonds. The maximum atomic E-state index is 6.13. The molecule has 114 valence electrons. The molecule has 0 saturated carbocycles. The normalized spacial score (nSPS) is 10.9. The van der Waals surface area contributed by atoms with Gasteiger partial charge >= 0.3 is 0 Å². The maximum absolute atomic E-state index is 6.13. The minimum atomic E-state index is 0. The molecule has 0 unspecified atom stereocenters. The van der Waals surface area contributed by atoms with Gasteiger partial charge in [-0.15, -0.1) is 35.3 Å². The highest BCUT2D eigenvalue weighted by Crippen LogP contribution is 2.15. The van der Waals surface area contributed by atoms with E-state index < -0.39 is 0 Å². The topological polar surface area (TPSA) is 36.4 Å². The number of nitrogens with one attached hydrogen (secondary N) is 2. The van der Waals surface area contributed by atoms with Crippen LogP contribution < -0.4 is 10.6 Å². The first-order valence-electron chi connectivity index (χ1n) is 6.57. The second kappa shape index (κ2) is 10.0. The summed E-state index contributed by atoms with van der Waals surface area (Å²) in [6.45, 7) is 4.24. The lowest BCUT2D eigenvalue weighted by molar-refractivity contribution is 0.823. The number of aliphatic imine (C=N–C) groups is 1. The summed E-state index contributed by atoms with van der Waals surface area (Å²) in [4.78, 5) is 5.84. The van der Waals surface area contributed by atoms with Crippen LogP contribution in [0.4, 0.5) is 0 Å². The van der Waals surface area contributed by atoms with E-state index in [0.29, 0.717) is 6.54 Å². The molecule has 0 radical (unpaired) electrons. The number of hydrogen-bond acceptors (Lipinski definition) is 2. The molecular weight excluding hydrogens is 417 g/mol. The molecule has 2 aromatic rings. The first-order chi connectivity index (χ1) is 9.79. The fourth-order valence-electron chi connectivity index (χ4n) is 1.72. The van der Waals surface area contributed by atoms with Gasteiger partial charge < -0.3 is 10.6 Å². The molecule has 0 fully saturated rings. The third-order valence-corrected chi connectivity index (χ3v) is 3.96. The maximum Gasteiger partial charge on any atom is 0.191 e. The van der Waals surface area contributed by atoms with Crippen molar-refractivity contribution >= 4 is 52.9 Å². The number of rotatable bonds is 5. The quantitative estimate of drug-likeness (QED) is 0.418. The monoisotopic (exact) mass is 435 g/mol. The molecule has 0 saturated heterocycles. The number of nitrogens with zero attached hydrogens (tertiary/aromatic N) is 1. The molecule has 0 aliphatic rings. The molecule has 0 atom stereocenters. The second-order valence-corrected chi connectivity index (χ2v) is 5.66. The van der Waals surface area contributed by atoms with Crippen LogP contribution in [0.25, 0.3) is 0 Å². The Morgan fingerprint density at radius 2 is 2.00 bits per heavy atom. The summed E-state index contributed by atoms with van der Waals surface area (Å²) in [7, 11) is 0. The molecular formula is C15H19ClIN3S. The molecule has 2 rings (SSSR count). The fourth-order valence-corrected chi connectivity index (χ4v) is 2.56. The van der Waals surface area contributed by atoms with Crippen molar-refractivity contribution in [3.63, 3.8) is 0 Å². The number of thiophene rings is 1. The Balaban J connectivity index is 0.00000220. The predicted molar refractivity (Wildman–Crippen MR) is 103 cm³/mol. The van der Waals surface area contributed by atoms with Gasteiger partial charge in [0.2, 0.25) is 0 Å². The van der Waals surface area contributed by atoms with Gasteiger partial charge in [-0.05, 0) is 30.0 Å². The Bertz CT molecular complexity index is 558. The van der Waals surface area contributed by atoms with Gasteiger partial charge in [0.1, 0.15) is 0 Å². The average Bonchev–Trinajstić information content (AvgIpc) is 2.97. The molecule has 2 N–H and O–H groups in total. The summed E-state index contributed by atoms with van der Waals surface area (Å²) in [5, 5.41) is 9.38. The van der Waals surface area contributed by atoms with Crippen LogP contribution in [0.1, 0.15) is 17.4 Å². The van der Waals surface area contributed by atoms with Crippen molar-refractivity contribution in [1.82, 2.24) is 10.6 Å². The summed E-state index contributed by atoms with van der Waals surface area (Å²) in [5.41, 5.74) is 1.03. The SMILES string of the molecule is CCNC(=NCc1ccccc1Cl)NCc1cccs1.I. The number of halogens is 2. The summed E-state index contributed by atoms with van der Waals surface area (Å²) in [5.74, 6) is 0.806. The zero-order chi connectivity index (χ0) is 14.2. The predicted octanol–water partition coefficient (Wildman–Crippen LogP) is 4.27. The summed E-state index contributed by atoms with van der Waals surface area (Å²) >= 11 is 7.87. The molecule has 0 spiro atoms. The van der Waals surface area contributed by atoms with E-state index in [1.165, 1.54) is 4.88 Å². The van der Waals surface area contributed by atoms with Crippen molar-refractivity contribution in [2.45, 2.75) is 20.0 Å². The molecule has 6 heteroatoms. The van der Waals surface area contributed by atoms with Crippen LogP contribution in [0.5, 0.6) is 0 Å². The first-order valence-corrected chi connectivity index (χ1v) is 7.83. The Hall–Kier alpha value is -0.790. The first kappa shape index (κ1) is 18.3. The molecule has 1 heterocycles. The van der Waals surface area contributed by atoms with Crippen molar-refractivity contribution in [3.8, 4) is 0 Å². The van der Waals surface area contributed by atoms with Crippen molar-refractivity contribution in [2.75, 3.05) is 6.54 Å². The van der Waals surface area contributed by atoms with Gasteiger partial charge in [-0.3, -0.25) is 0 Å². The van der Waals surface area contributed by atoms with Gasteiger partial charge in [0.25, 0.3) is 0 Å². The number of benzene rings is 1. The Kier molecular flexibility index (Phi) is 8.72. The van der Waals surface area contributed by atoms with Crippen LogP contribution in [0, 0.1) is 0 Å². The van der Waals surface area contributed by atoms with Gasteiger partial charge in [-0.2, -0.15) is 0 Å². The van der Waals surface area contributed by atoms with Gasteiger partial charge in [-0.1, -0.05) is 35.9 Å². The molecule has 0 aliphatic heterocycles. The Morgan fingerprint density at radius 3 is 2.67 bits per heavy atom. The van der Waals surface area contributed by atoms with Crippen molar-refractivity contribution in [2.24, 2.45) is 4.99 Å². The zero-order valence-corrected chi connectivity index (χ0v) is 15.7. The molecule has 21 heavy (non-hydrogen) atoms. The molecule has 1 aromatic carbocycles. The fraction of sp³-hybridized carbons (Fsp3) is 0.267. The highest BCUT2D eigenvalue weighted by atomic mass is 127. The van der Waals surface area contributed by atoms with Gasteiger partial charge in [0, 0.05) is 16.4 Å². The van der Waals surface area contributed by atoms with E-state index in [0.717, 1.165) is 29.6 Å². The highest BCUT2D eigenvalue weighted by Gasteiger charge is 2.01. The smallest absolute Gasteiger partial charge is 0.191 e. The minimum Gasteiger partial charge on any atom is -0.357 e. The average molecular weight is 436 g/mol. The number of hydrogen-bond donors (Lipinski definition) is 2. The molecule has 0 aliphatic carbocycles. The summed E-state index contributed by atoms with van der Waals surface area (Å²) in [6, 6.07) is 11.9. The van der Waals surface area contributed by atoms with Crippen molar-refractivity contribution < 1.29 is 0 Å². The van der Waals surface area contributed by atoms with Gasteiger partial charge in [0.15, 0.2) is 5.96 Å². The highest BCUT2D eigenvalue weighted by molar-refractivity contribution is 14.0. The number of guanidine groups is 1. The zero-order valence-electron chi connectivity index (χ0n) is 11.8. The van der Waals surface area contributed by atoms with Crippen molar-refractivity contribution in [1.29, 1.82) is 0 Å². The summed E-state index contributed by atoms with van der Waals surface area (Å²) in [6.07, 6.45) is 0. The van der Waals surface area contributed by atoms with Crippen LogP contribution in [0.3, 0.4) is 0 Å². The largest absolute Gasteiger partial charge is 0.357 e. The lowest BCUT2D eigenvalue weighted by Gasteiger charge is -2.10. The standard InChI is InChI=1S/C15H18ClN3S.HI/c1-2-17-15(19-11-13-7-5-9-20-13)18-10-12-6-3-4-8-14(12)16;/h3-9H,2,10-11H2,1H3,(H2,17,18,19);1H.